The second kappa shape index (κ2) is 4.70. The molecule has 0 aromatic heterocycles. The van der Waals surface area contributed by atoms with Gasteiger partial charge >= 0.3 is 0 Å². The number of benzene rings is 1. The number of hydrogen-bond acceptors (Lipinski definition) is 2. The molecule has 1 rings (SSSR count). The van der Waals surface area contributed by atoms with E-state index in [9.17, 15) is 5.11 Å². The zero-order chi connectivity index (χ0) is 10.6. The van der Waals surface area contributed by atoms with E-state index in [4.69, 9.17) is 4.74 Å². The molecule has 76 valence electrons. The Bertz CT molecular complexity index is 329. The van der Waals surface area contributed by atoms with Crippen LogP contribution in [0.2, 0.25) is 0 Å². The third kappa shape index (κ3) is 2.08. The van der Waals surface area contributed by atoms with Crippen LogP contribution < -0.4 is 4.74 Å². The molecule has 0 saturated carbocycles. The van der Waals surface area contributed by atoms with Gasteiger partial charge in [-0.25, -0.2) is 0 Å². The number of methoxy groups -OCH3 is 1. The summed E-state index contributed by atoms with van der Waals surface area (Å²) >= 11 is 0. The van der Waals surface area contributed by atoms with Crippen LogP contribution >= 0.6 is 0 Å². The van der Waals surface area contributed by atoms with Crippen LogP contribution in [0.25, 0.3) is 0 Å². The molecule has 2 nitrogen and oxygen atoms in total. The maximum absolute atomic E-state index is 9.83. The van der Waals surface area contributed by atoms with Crippen LogP contribution in [-0.2, 0) is 0 Å². The summed E-state index contributed by atoms with van der Waals surface area (Å²) in [7, 11) is 1.55. The van der Waals surface area contributed by atoms with Gasteiger partial charge in [0.05, 0.1) is 7.11 Å². The van der Waals surface area contributed by atoms with Crippen LogP contribution in [0.4, 0.5) is 0 Å². The minimum atomic E-state index is 0.204. The lowest BCUT2D eigenvalue weighted by molar-refractivity contribution is 0.370. The fraction of sp³-hybridized carbons (Fsp3) is 0.333. The summed E-state index contributed by atoms with van der Waals surface area (Å²) in [6.45, 7) is 4.00. The highest BCUT2D eigenvalue weighted by molar-refractivity contribution is 5.47. The molecule has 1 N–H and O–H groups in total. The second-order valence-corrected chi connectivity index (χ2v) is 3.21. The van der Waals surface area contributed by atoms with Crippen molar-refractivity contribution in [2.45, 2.75) is 19.8 Å². The summed E-state index contributed by atoms with van der Waals surface area (Å²) in [5, 5.41) is 9.83. The van der Waals surface area contributed by atoms with Crippen LogP contribution in [0.15, 0.2) is 30.4 Å². The van der Waals surface area contributed by atoms with Crippen LogP contribution in [-0.4, -0.2) is 12.2 Å². The average molecular weight is 192 g/mol. The number of phenols is 1. The van der Waals surface area contributed by atoms with Crippen molar-refractivity contribution in [1.29, 1.82) is 0 Å². The first kappa shape index (κ1) is 10.6. The fourth-order valence-corrected chi connectivity index (χ4v) is 1.46. The molecule has 1 aromatic rings. The van der Waals surface area contributed by atoms with Crippen molar-refractivity contribution >= 4 is 0 Å². The van der Waals surface area contributed by atoms with Crippen LogP contribution in [0, 0.1) is 0 Å². The van der Waals surface area contributed by atoms with E-state index < -0.39 is 0 Å². The van der Waals surface area contributed by atoms with Gasteiger partial charge < -0.3 is 9.84 Å². The zero-order valence-corrected chi connectivity index (χ0v) is 8.82. The fourth-order valence-electron chi connectivity index (χ4n) is 1.46. The predicted octanol–water partition coefficient (Wildman–Crippen LogP) is 3.08. The second-order valence-electron chi connectivity index (χ2n) is 3.21. The van der Waals surface area contributed by atoms with E-state index in [2.05, 4.69) is 0 Å². The molecule has 0 heterocycles. The van der Waals surface area contributed by atoms with Gasteiger partial charge in [-0.05, 0) is 13.0 Å². The molecular weight excluding hydrogens is 176 g/mol. The Morgan fingerprint density at radius 2 is 2.14 bits per heavy atom. The van der Waals surface area contributed by atoms with E-state index in [0.717, 1.165) is 5.56 Å². The molecule has 1 unspecified atom stereocenters. The Labute approximate surface area is 84.8 Å². The lowest BCUT2D eigenvalue weighted by atomic mass is 9.99. The lowest BCUT2D eigenvalue weighted by Crippen LogP contribution is -1.92. The minimum absolute atomic E-state index is 0.204. The Morgan fingerprint density at radius 1 is 1.43 bits per heavy atom. The van der Waals surface area contributed by atoms with Crippen molar-refractivity contribution in [3.8, 4) is 11.5 Å². The molecule has 0 radical (unpaired) electrons. The van der Waals surface area contributed by atoms with Crippen molar-refractivity contribution in [2.24, 2.45) is 0 Å². The third-order valence-electron chi connectivity index (χ3n) is 2.22. The van der Waals surface area contributed by atoms with E-state index >= 15 is 0 Å². The summed E-state index contributed by atoms with van der Waals surface area (Å²) in [4.78, 5) is 0. The van der Waals surface area contributed by atoms with Crippen LogP contribution in [0.3, 0.4) is 0 Å². The standard InChI is InChI=1S/C12H16O2/c1-4-6-9(2)10-7-5-8-11(14-3)12(10)13/h4-9,13H,1-3H3. The smallest absolute Gasteiger partial charge is 0.161 e. The highest BCUT2D eigenvalue weighted by Gasteiger charge is 2.10. The predicted molar refractivity (Wildman–Crippen MR) is 57.9 cm³/mol. The van der Waals surface area contributed by atoms with Crippen molar-refractivity contribution in [3.05, 3.63) is 35.9 Å². The zero-order valence-electron chi connectivity index (χ0n) is 8.82. The molecule has 0 aliphatic heterocycles. The summed E-state index contributed by atoms with van der Waals surface area (Å²) in [6.07, 6.45) is 4.01. The quantitative estimate of drug-likeness (QED) is 0.746. The lowest BCUT2D eigenvalue weighted by Gasteiger charge is -2.11. The molecule has 14 heavy (non-hydrogen) atoms. The Balaban J connectivity index is 3.08. The number of rotatable bonds is 3. The Morgan fingerprint density at radius 3 is 2.71 bits per heavy atom. The monoisotopic (exact) mass is 192 g/mol. The first-order chi connectivity index (χ1) is 6.70. The van der Waals surface area contributed by atoms with Gasteiger partial charge in [-0.3, -0.25) is 0 Å². The molecule has 2 heteroatoms. The number of para-hydroxylation sites is 1. The van der Waals surface area contributed by atoms with Crippen LogP contribution in [0.5, 0.6) is 11.5 Å². The molecule has 0 aliphatic rings. The van der Waals surface area contributed by atoms with Crippen molar-refractivity contribution in [2.75, 3.05) is 7.11 Å². The first-order valence-electron chi connectivity index (χ1n) is 4.69. The topological polar surface area (TPSA) is 29.5 Å². The van der Waals surface area contributed by atoms with E-state index in [1.165, 1.54) is 0 Å². The molecule has 0 amide bonds. The summed E-state index contributed by atoms with van der Waals surface area (Å²) in [5.74, 6) is 0.967. The van der Waals surface area contributed by atoms with Crippen LogP contribution in [0.1, 0.15) is 25.3 Å². The van der Waals surface area contributed by atoms with Crippen molar-refractivity contribution in [1.82, 2.24) is 0 Å². The maximum atomic E-state index is 9.83. The van der Waals surface area contributed by atoms with Gasteiger partial charge in [0.15, 0.2) is 11.5 Å². The molecule has 0 spiro atoms. The third-order valence-corrected chi connectivity index (χ3v) is 2.22. The maximum Gasteiger partial charge on any atom is 0.161 e. The molecule has 1 aromatic carbocycles. The average Bonchev–Trinajstić information content (AvgIpc) is 2.18. The van der Waals surface area contributed by atoms with Crippen molar-refractivity contribution < 1.29 is 9.84 Å². The molecule has 0 aliphatic carbocycles. The largest absolute Gasteiger partial charge is 0.504 e. The van der Waals surface area contributed by atoms with Gasteiger partial charge in [0.2, 0.25) is 0 Å². The van der Waals surface area contributed by atoms with Gasteiger partial charge in [0.1, 0.15) is 0 Å². The minimum Gasteiger partial charge on any atom is -0.504 e. The number of ether oxygens (including phenoxy) is 1. The van der Waals surface area contributed by atoms with Gasteiger partial charge in [-0.1, -0.05) is 31.2 Å². The Kier molecular flexibility index (Phi) is 3.57. The molecule has 0 saturated heterocycles. The number of phenolic OH excluding ortho intramolecular Hbond substituents is 1. The number of allylic oxidation sites excluding steroid dienone is 2. The first-order valence-corrected chi connectivity index (χ1v) is 4.69. The number of aromatic hydroxyl groups is 1. The molecular formula is C12H16O2. The number of hydrogen-bond donors (Lipinski definition) is 1. The van der Waals surface area contributed by atoms with Gasteiger partial charge in [-0.2, -0.15) is 0 Å². The van der Waals surface area contributed by atoms with Gasteiger partial charge in [-0.15, -0.1) is 0 Å². The summed E-state index contributed by atoms with van der Waals surface area (Å²) in [6, 6.07) is 5.54. The van der Waals surface area contributed by atoms with E-state index in [1.807, 2.05) is 38.1 Å². The Hall–Kier alpha value is -1.44. The molecule has 0 fully saturated rings. The van der Waals surface area contributed by atoms with Crippen molar-refractivity contribution in [3.63, 3.8) is 0 Å². The highest BCUT2D eigenvalue weighted by atomic mass is 16.5. The van der Waals surface area contributed by atoms with Gasteiger partial charge in [0, 0.05) is 11.5 Å². The van der Waals surface area contributed by atoms with E-state index in [-0.39, 0.29) is 11.7 Å². The molecule has 0 bridgehead atoms. The normalized spacial score (nSPS) is 13.1. The molecule has 1 atom stereocenters. The summed E-state index contributed by atoms with van der Waals surface area (Å²) in [5.41, 5.74) is 0.891. The SMILES string of the molecule is CC=CC(C)c1cccc(OC)c1O. The van der Waals surface area contributed by atoms with Gasteiger partial charge in [0.25, 0.3) is 0 Å². The summed E-state index contributed by atoms with van der Waals surface area (Å²) < 4.78 is 5.04. The highest BCUT2D eigenvalue weighted by Crippen LogP contribution is 2.34. The van der Waals surface area contributed by atoms with E-state index in [1.54, 1.807) is 13.2 Å². The van der Waals surface area contributed by atoms with E-state index in [0.29, 0.717) is 5.75 Å².